The molecule has 124 valence electrons. The van der Waals surface area contributed by atoms with Crippen LogP contribution in [0.25, 0.3) is 0 Å². The van der Waals surface area contributed by atoms with Crippen molar-refractivity contribution < 1.29 is 19.1 Å². The quantitative estimate of drug-likeness (QED) is 0.784. The largest absolute Gasteiger partial charge is 0.464 e. The van der Waals surface area contributed by atoms with Gasteiger partial charge in [-0.25, -0.2) is 14.6 Å². The highest BCUT2D eigenvalue weighted by Crippen LogP contribution is 2.26. The van der Waals surface area contributed by atoms with Gasteiger partial charge in [0.1, 0.15) is 11.3 Å². The van der Waals surface area contributed by atoms with E-state index in [1.54, 1.807) is 23.4 Å². The van der Waals surface area contributed by atoms with Crippen LogP contribution < -0.4 is 0 Å². The average molecular weight is 318 g/mol. The van der Waals surface area contributed by atoms with Gasteiger partial charge in [-0.05, 0) is 38.8 Å². The van der Waals surface area contributed by atoms with Gasteiger partial charge < -0.3 is 9.47 Å². The molecule has 1 aliphatic heterocycles. The van der Waals surface area contributed by atoms with E-state index in [9.17, 15) is 9.59 Å². The van der Waals surface area contributed by atoms with Crippen molar-refractivity contribution in [2.45, 2.75) is 38.7 Å². The first-order chi connectivity index (χ1) is 10.8. The number of nitrogens with zero attached hydrogens (tertiary/aromatic N) is 2. The zero-order valence-corrected chi connectivity index (χ0v) is 13.9. The molecule has 0 aromatic carbocycles. The molecule has 1 amide bonds. The number of methoxy groups -OCH3 is 1. The van der Waals surface area contributed by atoms with Crippen molar-refractivity contribution in [1.29, 1.82) is 0 Å². The minimum atomic E-state index is -0.505. The van der Waals surface area contributed by atoms with Gasteiger partial charge in [0, 0.05) is 24.9 Å². The molecule has 6 heteroatoms. The van der Waals surface area contributed by atoms with Gasteiger partial charge in [0.25, 0.3) is 0 Å². The Hall–Kier alpha value is -2.37. The van der Waals surface area contributed by atoms with Crippen LogP contribution in [0.2, 0.25) is 0 Å². The summed E-state index contributed by atoms with van der Waals surface area (Å²) >= 11 is 0. The molecule has 0 N–H and O–H groups in total. The molecule has 1 aromatic rings. The summed E-state index contributed by atoms with van der Waals surface area (Å²) < 4.78 is 9.97. The molecule has 0 saturated heterocycles. The van der Waals surface area contributed by atoms with Crippen LogP contribution in [0.1, 0.15) is 49.2 Å². The molecular formula is C17H22N2O4. The van der Waals surface area contributed by atoms with Crippen LogP contribution in [0, 0.1) is 0 Å². The maximum Gasteiger partial charge on any atom is 0.414 e. The summed E-state index contributed by atoms with van der Waals surface area (Å²) in [6.45, 7) is 6.11. The molecule has 1 atom stereocenters. The summed E-state index contributed by atoms with van der Waals surface area (Å²) in [5.41, 5.74) is 0.777. The fourth-order valence-corrected chi connectivity index (χ4v) is 2.26. The zero-order valence-electron chi connectivity index (χ0n) is 13.9. The highest BCUT2D eigenvalue weighted by Gasteiger charge is 2.24. The Bertz CT molecular complexity index is 602. The van der Waals surface area contributed by atoms with E-state index < -0.39 is 11.6 Å². The van der Waals surface area contributed by atoms with Gasteiger partial charge in [-0.1, -0.05) is 12.1 Å². The second kappa shape index (κ2) is 6.81. The van der Waals surface area contributed by atoms with Gasteiger partial charge in [-0.3, -0.25) is 4.90 Å². The minimum Gasteiger partial charge on any atom is -0.464 e. The summed E-state index contributed by atoms with van der Waals surface area (Å²) in [5, 5.41) is 0. The zero-order chi connectivity index (χ0) is 17.0. The van der Waals surface area contributed by atoms with Crippen LogP contribution >= 0.6 is 0 Å². The van der Waals surface area contributed by atoms with Gasteiger partial charge in [-0.2, -0.15) is 0 Å². The topological polar surface area (TPSA) is 68.7 Å². The van der Waals surface area contributed by atoms with Crippen molar-refractivity contribution in [2.24, 2.45) is 0 Å². The maximum absolute atomic E-state index is 12.0. The lowest BCUT2D eigenvalue weighted by atomic mass is 9.95. The highest BCUT2D eigenvalue weighted by molar-refractivity contribution is 5.87. The number of hydrogen-bond donors (Lipinski definition) is 0. The Balaban J connectivity index is 2.01. The van der Waals surface area contributed by atoms with Crippen molar-refractivity contribution in [1.82, 2.24) is 9.88 Å². The first-order valence-electron chi connectivity index (χ1n) is 7.52. The van der Waals surface area contributed by atoms with E-state index in [2.05, 4.69) is 9.72 Å². The third-order valence-electron chi connectivity index (χ3n) is 3.42. The van der Waals surface area contributed by atoms with Crippen LogP contribution in [0.4, 0.5) is 4.79 Å². The third-order valence-corrected chi connectivity index (χ3v) is 3.42. The van der Waals surface area contributed by atoms with E-state index >= 15 is 0 Å². The Morgan fingerprint density at radius 1 is 1.30 bits per heavy atom. The normalized spacial score (nSPS) is 17.7. The number of esters is 1. The summed E-state index contributed by atoms with van der Waals surface area (Å²) in [6.07, 6.45) is 5.80. The van der Waals surface area contributed by atoms with Crippen LogP contribution in [-0.4, -0.2) is 41.2 Å². The fraction of sp³-hybridized carbons (Fsp3) is 0.471. The molecule has 0 bridgehead atoms. The predicted octanol–water partition coefficient (Wildman–Crippen LogP) is 3.11. The lowest BCUT2D eigenvalue weighted by Crippen LogP contribution is -2.36. The van der Waals surface area contributed by atoms with Gasteiger partial charge in [-0.15, -0.1) is 0 Å². The molecule has 1 unspecified atom stereocenters. The molecule has 1 aliphatic rings. The van der Waals surface area contributed by atoms with Gasteiger partial charge in [0.05, 0.1) is 7.11 Å². The number of pyridine rings is 1. The molecule has 2 heterocycles. The van der Waals surface area contributed by atoms with E-state index in [0.29, 0.717) is 6.54 Å². The summed E-state index contributed by atoms with van der Waals surface area (Å²) in [4.78, 5) is 29.1. The van der Waals surface area contributed by atoms with Crippen LogP contribution in [0.3, 0.4) is 0 Å². The number of amides is 1. The molecule has 1 aromatic heterocycles. The molecule has 0 aliphatic carbocycles. The third kappa shape index (κ3) is 4.55. The van der Waals surface area contributed by atoms with E-state index in [4.69, 9.17) is 4.74 Å². The Labute approximate surface area is 136 Å². The number of aromatic nitrogens is 1. The molecule has 23 heavy (non-hydrogen) atoms. The van der Waals surface area contributed by atoms with E-state index in [0.717, 1.165) is 12.0 Å². The SMILES string of the molecule is COC(=O)c1ccc(C2C=CN(C(=O)OC(C)(C)C)CC2)cn1. The van der Waals surface area contributed by atoms with Crippen molar-refractivity contribution in [2.75, 3.05) is 13.7 Å². The summed E-state index contributed by atoms with van der Waals surface area (Å²) in [5.74, 6) is -0.292. The molecule has 6 nitrogen and oxygen atoms in total. The van der Waals surface area contributed by atoms with Gasteiger partial charge >= 0.3 is 12.1 Å². The van der Waals surface area contributed by atoms with Crippen LogP contribution in [0.5, 0.6) is 0 Å². The van der Waals surface area contributed by atoms with E-state index in [1.807, 2.05) is 32.9 Å². The number of carbonyl (C=O) groups is 2. The fourth-order valence-electron chi connectivity index (χ4n) is 2.26. The maximum atomic E-state index is 12.0. The Kier molecular flexibility index (Phi) is 5.03. The summed E-state index contributed by atoms with van der Waals surface area (Å²) in [6, 6.07) is 3.51. The second-order valence-corrected chi connectivity index (χ2v) is 6.38. The van der Waals surface area contributed by atoms with Crippen molar-refractivity contribution in [3.05, 3.63) is 41.9 Å². The number of carbonyl (C=O) groups excluding carboxylic acids is 2. The van der Waals surface area contributed by atoms with Crippen LogP contribution in [0.15, 0.2) is 30.6 Å². The standard InChI is InChI=1S/C17H22N2O4/c1-17(2,3)23-16(21)19-9-7-12(8-10-19)13-5-6-14(18-11-13)15(20)22-4/h5-7,9,11-12H,8,10H2,1-4H3. The van der Waals surface area contributed by atoms with E-state index in [-0.39, 0.29) is 17.7 Å². The van der Waals surface area contributed by atoms with Crippen molar-refractivity contribution in [3.8, 4) is 0 Å². The number of hydrogen-bond acceptors (Lipinski definition) is 5. The van der Waals surface area contributed by atoms with Crippen molar-refractivity contribution >= 4 is 12.1 Å². The molecule has 0 fully saturated rings. The van der Waals surface area contributed by atoms with Gasteiger partial charge in [0.2, 0.25) is 0 Å². The molecule has 0 radical (unpaired) electrons. The second-order valence-electron chi connectivity index (χ2n) is 6.38. The first-order valence-corrected chi connectivity index (χ1v) is 7.52. The van der Waals surface area contributed by atoms with Crippen molar-refractivity contribution in [3.63, 3.8) is 0 Å². The minimum absolute atomic E-state index is 0.160. The van der Waals surface area contributed by atoms with E-state index in [1.165, 1.54) is 7.11 Å². The predicted molar refractivity (Wildman–Crippen MR) is 85.0 cm³/mol. The Morgan fingerprint density at radius 3 is 2.52 bits per heavy atom. The smallest absolute Gasteiger partial charge is 0.414 e. The van der Waals surface area contributed by atoms with Crippen LogP contribution in [-0.2, 0) is 9.47 Å². The number of rotatable bonds is 2. The lowest BCUT2D eigenvalue weighted by Gasteiger charge is -2.29. The number of ether oxygens (including phenoxy) is 2. The highest BCUT2D eigenvalue weighted by atomic mass is 16.6. The molecule has 0 saturated carbocycles. The molecular weight excluding hydrogens is 296 g/mol. The first kappa shape index (κ1) is 17.0. The Morgan fingerprint density at radius 2 is 2.04 bits per heavy atom. The monoisotopic (exact) mass is 318 g/mol. The van der Waals surface area contributed by atoms with Gasteiger partial charge in [0.15, 0.2) is 0 Å². The average Bonchev–Trinajstić information content (AvgIpc) is 2.53. The number of allylic oxidation sites excluding steroid dienone is 1. The lowest BCUT2D eigenvalue weighted by molar-refractivity contribution is 0.0324. The molecule has 0 spiro atoms. The molecule has 2 rings (SSSR count). The summed E-state index contributed by atoms with van der Waals surface area (Å²) in [7, 11) is 1.33.